The molecule has 6 heteroatoms. The van der Waals surface area contributed by atoms with Gasteiger partial charge < -0.3 is 15.7 Å². The zero-order valence-electron chi connectivity index (χ0n) is 10.4. The molecule has 19 heavy (non-hydrogen) atoms. The molecule has 1 aromatic carbocycles. The Kier molecular flexibility index (Phi) is 6.08. The first kappa shape index (κ1) is 14.7. The Morgan fingerprint density at radius 2 is 1.68 bits per heavy atom. The van der Waals surface area contributed by atoms with E-state index >= 15 is 0 Å². The van der Waals surface area contributed by atoms with Gasteiger partial charge in [0.15, 0.2) is 0 Å². The fourth-order valence-corrected chi connectivity index (χ4v) is 1.39. The lowest BCUT2D eigenvalue weighted by Gasteiger charge is -2.06. The summed E-state index contributed by atoms with van der Waals surface area (Å²) in [5.41, 5.74) is 0.867. The monoisotopic (exact) mass is 264 g/mol. The van der Waals surface area contributed by atoms with Gasteiger partial charge in [-0.05, 0) is 5.56 Å². The second-order valence-electron chi connectivity index (χ2n) is 3.93. The number of carbonyl (C=O) groups is 3. The number of benzene rings is 1. The maximum Gasteiger partial charge on any atom is 0.305 e. The van der Waals surface area contributed by atoms with Gasteiger partial charge in [0.05, 0.1) is 19.4 Å². The van der Waals surface area contributed by atoms with Crippen molar-refractivity contribution in [3.63, 3.8) is 0 Å². The van der Waals surface area contributed by atoms with Crippen molar-refractivity contribution in [2.45, 2.75) is 12.8 Å². The third-order valence-corrected chi connectivity index (χ3v) is 2.31. The molecule has 0 aliphatic rings. The van der Waals surface area contributed by atoms with Crippen molar-refractivity contribution in [3.8, 4) is 0 Å². The minimum atomic E-state index is -0.978. The van der Waals surface area contributed by atoms with Gasteiger partial charge in [-0.3, -0.25) is 14.4 Å². The smallest absolute Gasteiger partial charge is 0.305 e. The number of amides is 2. The van der Waals surface area contributed by atoms with Gasteiger partial charge in [-0.2, -0.15) is 0 Å². The van der Waals surface area contributed by atoms with Crippen molar-refractivity contribution in [1.29, 1.82) is 0 Å². The van der Waals surface area contributed by atoms with Gasteiger partial charge in [-0.25, -0.2) is 0 Å². The fraction of sp³-hybridized carbons (Fsp3) is 0.308. The number of carboxylic acids is 1. The van der Waals surface area contributed by atoms with E-state index in [9.17, 15) is 14.4 Å². The summed E-state index contributed by atoms with van der Waals surface area (Å²) >= 11 is 0. The third-order valence-electron chi connectivity index (χ3n) is 2.31. The Hall–Kier alpha value is -2.37. The van der Waals surface area contributed by atoms with E-state index in [2.05, 4.69) is 10.6 Å². The number of nitrogens with one attached hydrogen (secondary N) is 2. The van der Waals surface area contributed by atoms with E-state index in [0.29, 0.717) is 0 Å². The van der Waals surface area contributed by atoms with E-state index in [1.807, 2.05) is 30.3 Å². The average Bonchev–Trinajstić information content (AvgIpc) is 2.37. The molecule has 0 aliphatic carbocycles. The molecule has 6 nitrogen and oxygen atoms in total. The summed E-state index contributed by atoms with van der Waals surface area (Å²) in [6.45, 7) is -0.0893. The van der Waals surface area contributed by atoms with Crippen LogP contribution in [-0.4, -0.2) is 36.0 Å². The van der Waals surface area contributed by atoms with Crippen molar-refractivity contribution >= 4 is 17.8 Å². The molecule has 0 radical (unpaired) electrons. The number of rotatable bonds is 7. The summed E-state index contributed by atoms with van der Waals surface area (Å²) < 4.78 is 0. The van der Waals surface area contributed by atoms with Gasteiger partial charge in [0.25, 0.3) is 0 Å². The molecule has 0 unspecified atom stereocenters. The van der Waals surface area contributed by atoms with Crippen molar-refractivity contribution in [3.05, 3.63) is 35.9 Å². The van der Waals surface area contributed by atoms with Gasteiger partial charge in [0.2, 0.25) is 11.8 Å². The summed E-state index contributed by atoms with van der Waals surface area (Å²) in [6.07, 6.45) is 0.0763. The molecule has 0 bridgehead atoms. The molecule has 2 amide bonds. The summed E-state index contributed by atoms with van der Waals surface area (Å²) in [6, 6.07) is 9.18. The van der Waals surface area contributed by atoms with Crippen molar-refractivity contribution in [1.82, 2.24) is 10.6 Å². The number of carbonyl (C=O) groups excluding carboxylic acids is 2. The first-order valence-corrected chi connectivity index (χ1v) is 5.87. The molecule has 3 N–H and O–H groups in total. The lowest BCUT2D eigenvalue weighted by molar-refractivity contribution is -0.137. The number of hydrogen-bond acceptors (Lipinski definition) is 3. The highest BCUT2D eigenvalue weighted by atomic mass is 16.4. The van der Waals surface area contributed by atoms with Crippen LogP contribution in [-0.2, 0) is 20.8 Å². The molecule has 0 heterocycles. The molecule has 0 saturated carbocycles. The molecule has 1 rings (SSSR count). The van der Waals surface area contributed by atoms with Crippen LogP contribution in [0.25, 0.3) is 0 Å². The first-order chi connectivity index (χ1) is 9.08. The van der Waals surface area contributed by atoms with Gasteiger partial charge in [-0.15, -0.1) is 0 Å². The molecule has 0 aliphatic heterocycles. The zero-order valence-corrected chi connectivity index (χ0v) is 10.4. The number of hydrogen-bond donors (Lipinski definition) is 3. The van der Waals surface area contributed by atoms with Gasteiger partial charge >= 0.3 is 5.97 Å². The molecule has 102 valence electrons. The summed E-state index contributed by atoms with van der Waals surface area (Å²) in [7, 11) is 0. The Morgan fingerprint density at radius 3 is 2.32 bits per heavy atom. The van der Waals surface area contributed by atoms with E-state index < -0.39 is 11.9 Å². The van der Waals surface area contributed by atoms with E-state index in [-0.39, 0.29) is 31.8 Å². The summed E-state index contributed by atoms with van der Waals surface area (Å²) in [5, 5.41) is 13.3. The maximum absolute atomic E-state index is 11.5. The molecule has 0 aromatic heterocycles. The molecule has 0 spiro atoms. The van der Waals surface area contributed by atoms with Crippen LogP contribution in [0.15, 0.2) is 30.3 Å². The molecular weight excluding hydrogens is 248 g/mol. The van der Waals surface area contributed by atoms with Crippen LogP contribution < -0.4 is 10.6 Å². The van der Waals surface area contributed by atoms with E-state index in [1.54, 1.807) is 0 Å². The molecule has 0 atom stereocenters. The van der Waals surface area contributed by atoms with Crippen LogP contribution in [0.1, 0.15) is 12.0 Å². The second kappa shape index (κ2) is 7.86. The average molecular weight is 264 g/mol. The van der Waals surface area contributed by atoms with Crippen LogP contribution in [0.2, 0.25) is 0 Å². The normalized spacial score (nSPS) is 9.68. The van der Waals surface area contributed by atoms with Gasteiger partial charge in [0, 0.05) is 6.54 Å². The summed E-state index contributed by atoms with van der Waals surface area (Å²) in [4.78, 5) is 33.0. The van der Waals surface area contributed by atoms with Crippen LogP contribution in [0.3, 0.4) is 0 Å². The van der Waals surface area contributed by atoms with Crippen LogP contribution in [0.5, 0.6) is 0 Å². The Morgan fingerprint density at radius 1 is 1.00 bits per heavy atom. The zero-order chi connectivity index (χ0) is 14.1. The highest BCUT2D eigenvalue weighted by Crippen LogP contribution is 1.98. The van der Waals surface area contributed by atoms with E-state index in [4.69, 9.17) is 5.11 Å². The van der Waals surface area contributed by atoms with E-state index in [1.165, 1.54) is 0 Å². The highest BCUT2D eigenvalue weighted by Gasteiger charge is 2.06. The molecule has 1 aromatic rings. The minimum absolute atomic E-state index is 0.0583. The van der Waals surface area contributed by atoms with Crippen molar-refractivity contribution in [2.75, 3.05) is 13.1 Å². The molecule has 0 fully saturated rings. The predicted molar refractivity (Wildman–Crippen MR) is 68.4 cm³/mol. The predicted octanol–water partition coefficient (Wildman–Crippen LogP) is -0.0638. The Bertz CT molecular complexity index is 445. The number of carboxylic acid groups (broad SMARTS) is 1. The maximum atomic E-state index is 11.5. The van der Waals surface area contributed by atoms with E-state index in [0.717, 1.165) is 5.56 Å². The Labute approximate surface area is 110 Å². The second-order valence-corrected chi connectivity index (χ2v) is 3.93. The lowest BCUT2D eigenvalue weighted by atomic mass is 10.1. The molecule has 0 saturated heterocycles. The standard InChI is InChI=1S/C13H16N2O4/c16-11(8-10-4-2-1-3-5-10)15-9-12(17)14-7-6-13(18)19/h1-5H,6-9H2,(H,14,17)(H,15,16)(H,18,19). The topological polar surface area (TPSA) is 95.5 Å². The SMILES string of the molecule is O=C(O)CCNC(=O)CNC(=O)Cc1ccccc1. The minimum Gasteiger partial charge on any atom is -0.481 e. The third kappa shape index (κ3) is 6.82. The Balaban J connectivity index is 2.19. The van der Waals surface area contributed by atoms with Crippen molar-refractivity contribution in [2.24, 2.45) is 0 Å². The van der Waals surface area contributed by atoms with Crippen LogP contribution in [0, 0.1) is 0 Å². The summed E-state index contributed by atoms with van der Waals surface area (Å²) in [5.74, 6) is -1.63. The van der Waals surface area contributed by atoms with Gasteiger partial charge in [-0.1, -0.05) is 30.3 Å². The quantitative estimate of drug-likeness (QED) is 0.642. The van der Waals surface area contributed by atoms with Crippen LogP contribution >= 0.6 is 0 Å². The highest BCUT2D eigenvalue weighted by molar-refractivity contribution is 5.85. The largest absolute Gasteiger partial charge is 0.481 e. The molecular formula is C13H16N2O4. The van der Waals surface area contributed by atoms with Crippen LogP contribution in [0.4, 0.5) is 0 Å². The lowest BCUT2D eigenvalue weighted by Crippen LogP contribution is -2.38. The van der Waals surface area contributed by atoms with Crippen molar-refractivity contribution < 1.29 is 19.5 Å². The first-order valence-electron chi connectivity index (χ1n) is 5.87. The van der Waals surface area contributed by atoms with Gasteiger partial charge in [0.1, 0.15) is 0 Å². The number of aliphatic carboxylic acids is 1. The fourth-order valence-electron chi connectivity index (χ4n) is 1.39.